The number of likely N-dealkylation sites (N-methyl/N-ethyl adjacent to an activating group) is 1. The molecule has 4 unspecified atom stereocenters. The van der Waals surface area contributed by atoms with Crippen molar-refractivity contribution in [3.63, 3.8) is 0 Å². The molecule has 1 aliphatic heterocycles. The summed E-state index contributed by atoms with van der Waals surface area (Å²) < 4.78 is 0. The minimum atomic E-state index is -0.0126. The normalized spacial score (nSPS) is 36.6. The third-order valence-electron chi connectivity index (χ3n) is 7.30. The van der Waals surface area contributed by atoms with Gasteiger partial charge in [0.2, 0.25) is 11.8 Å². The van der Waals surface area contributed by atoms with E-state index < -0.39 is 0 Å². The first-order valence-electron chi connectivity index (χ1n) is 10.3. The minimum absolute atomic E-state index is 0.0126. The van der Waals surface area contributed by atoms with E-state index in [1.165, 1.54) is 19.3 Å². The molecule has 2 amide bonds. The molecule has 146 valence electrons. The quantitative estimate of drug-likeness (QED) is 0.779. The molecule has 4 saturated carbocycles. The summed E-state index contributed by atoms with van der Waals surface area (Å²) in [6, 6.07) is -0.0126. The van der Waals surface area contributed by atoms with Crippen LogP contribution in [0.25, 0.3) is 0 Å². The number of hydrogen-bond acceptors (Lipinski definition) is 5. The lowest BCUT2D eigenvalue weighted by Crippen LogP contribution is -2.47. The lowest BCUT2D eigenvalue weighted by molar-refractivity contribution is -0.127. The van der Waals surface area contributed by atoms with E-state index in [9.17, 15) is 9.59 Å². The lowest BCUT2D eigenvalue weighted by atomic mass is 9.97. The number of amides is 2. The van der Waals surface area contributed by atoms with E-state index in [4.69, 9.17) is 0 Å². The first-order chi connectivity index (χ1) is 13.1. The van der Waals surface area contributed by atoms with Gasteiger partial charge in [-0.05, 0) is 62.9 Å². The number of nitrogens with zero attached hydrogens (tertiary/aromatic N) is 2. The number of carbonyl (C=O) groups excluding carboxylic acids is 2. The molecule has 2 heterocycles. The summed E-state index contributed by atoms with van der Waals surface area (Å²) in [6.07, 6.45) is 5.79. The highest BCUT2D eigenvalue weighted by Gasteiger charge is 2.70. The largest absolute Gasteiger partial charge is 0.350 e. The molecule has 1 aromatic rings. The fraction of sp³-hybridized carbons (Fsp3) is 0.750. The first kappa shape index (κ1) is 17.6. The van der Waals surface area contributed by atoms with Crippen LogP contribution < -0.4 is 10.6 Å². The Bertz CT molecular complexity index is 736. The molecule has 27 heavy (non-hydrogen) atoms. The van der Waals surface area contributed by atoms with Crippen molar-refractivity contribution in [1.82, 2.24) is 20.5 Å². The Balaban J connectivity index is 1.08. The van der Waals surface area contributed by atoms with E-state index in [1.54, 1.807) is 11.3 Å². The molecule has 4 bridgehead atoms. The van der Waals surface area contributed by atoms with E-state index in [2.05, 4.69) is 20.5 Å². The Morgan fingerprint density at radius 2 is 1.96 bits per heavy atom. The van der Waals surface area contributed by atoms with Crippen LogP contribution in [-0.2, 0) is 22.7 Å². The average molecular weight is 389 g/mol. The number of likely N-dealkylation sites (tertiary alicyclic amines) is 1. The molecule has 0 aromatic carbocycles. The van der Waals surface area contributed by atoms with Crippen molar-refractivity contribution in [3.8, 4) is 0 Å². The van der Waals surface area contributed by atoms with Gasteiger partial charge >= 0.3 is 0 Å². The molecular formula is C20H28N4O2S. The maximum atomic E-state index is 12.5. The van der Waals surface area contributed by atoms with Crippen molar-refractivity contribution in [2.45, 2.75) is 51.2 Å². The van der Waals surface area contributed by atoms with E-state index in [1.807, 2.05) is 12.4 Å². The van der Waals surface area contributed by atoms with Crippen LogP contribution in [0.2, 0.25) is 0 Å². The van der Waals surface area contributed by atoms with Gasteiger partial charge in [-0.25, -0.2) is 4.98 Å². The van der Waals surface area contributed by atoms with Crippen molar-refractivity contribution in [3.05, 3.63) is 16.1 Å². The molecule has 7 heteroatoms. The van der Waals surface area contributed by atoms with Gasteiger partial charge in [0.15, 0.2) is 0 Å². The highest BCUT2D eigenvalue weighted by atomic mass is 32.1. The van der Waals surface area contributed by atoms with Crippen LogP contribution in [0.1, 0.15) is 42.8 Å². The number of hydrogen-bond donors (Lipinski definition) is 2. The smallest absolute Gasteiger partial charge is 0.237 e. The van der Waals surface area contributed by atoms with Crippen molar-refractivity contribution in [2.24, 2.45) is 29.6 Å². The average Bonchev–Trinajstić information content (AvgIpc) is 3.20. The molecule has 4 atom stereocenters. The van der Waals surface area contributed by atoms with E-state index in [0.717, 1.165) is 41.9 Å². The van der Waals surface area contributed by atoms with Crippen molar-refractivity contribution in [2.75, 3.05) is 13.6 Å². The standard InChI is InChI=1S/C20H28N4O2S/c1-24-5-3-2-4-15(24)19(25)22-9-16-23-12(10-27-16)8-21-20(26)17-11-6-13-14(7-11)18(13)17/h10-11,13-15,17-18H,2-9H2,1H3,(H,21,26)(H,22,25). The Morgan fingerprint density at radius 3 is 2.67 bits per heavy atom. The maximum Gasteiger partial charge on any atom is 0.237 e. The van der Waals surface area contributed by atoms with Crippen molar-refractivity contribution in [1.29, 1.82) is 0 Å². The van der Waals surface area contributed by atoms with Crippen molar-refractivity contribution >= 4 is 23.2 Å². The van der Waals surface area contributed by atoms with E-state index in [0.29, 0.717) is 24.9 Å². The third-order valence-corrected chi connectivity index (χ3v) is 8.20. The number of thiazole rings is 1. The SMILES string of the molecule is CN1CCCCC1C(=O)NCc1nc(CNC(=O)C2C3CC4C(C3)C42)cs1. The Morgan fingerprint density at radius 1 is 1.19 bits per heavy atom. The zero-order valence-electron chi connectivity index (χ0n) is 15.8. The molecule has 6 nitrogen and oxygen atoms in total. The Kier molecular flexibility index (Phi) is 4.47. The number of piperidine rings is 1. The van der Waals surface area contributed by atoms with Crippen LogP contribution >= 0.6 is 11.3 Å². The Labute approximate surface area is 164 Å². The van der Waals surface area contributed by atoms with Gasteiger partial charge in [-0.1, -0.05) is 6.42 Å². The summed E-state index contributed by atoms with van der Waals surface area (Å²) in [5, 5.41) is 9.02. The van der Waals surface area contributed by atoms with E-state index in [-0.39, 0.29) is 23.8 Å². The fourth-order valence-electron chi connectivity index (χ4n) is 5.96. The fourth-order valence-corrected chi connectivity index (χ4v) is 6.69. The van der Waals surface area contributed by atoms with Crippen LogP contribution in [0.15, 0.2) is 5.38 Å². The summed E-state index contributed by atoms with van der Waals surface area (Å²) in [6.45, 7) is 1.96. The van der Waals surface area contributed by atoms with Gasteiger partial charge in [-0.3, -0.25) is 14.5 Å². The van der Waals surface area contributed by atoms with Crippen LogP contribution in [0.3, 0.4) is 0 Å². The van der Waals surface area contributed by atoms with Gasteiger partial charge < -0.3 is 10.6 Å². The number of rotatable bonds is 6. The van der Waals surface area contributed by atoms with Gasteiger partial charge in [0, 0.05) is 11.3 Å². The summed E-state index contributed by atoms with van der Waals surface area (Å²) in [5.41, 5.74) is 0.894. The zero-order valence-corrected chi connectivity index (χ0v) is 16.6. The molecular weight excluding hydrogens is 360 g/mol. The van der Waals surface area contributed by atoms with Crippen LogP contribution in [0.5, 0.6) is 0 Å². The highest BCUT2D eigenvalue weighted by molar-refractivity contribution is 7.09. The Hall–Kier alpha value is -1.47. The minimum Gasteiger partial charge on any atom is -0.350 e. The molecule has 4 aliphatic carbocycles. The van der Waals surface area contributed by atoms with Gasteiger partial charge in [-0.15, -0.1) is 11.3 Å². The predicted molar refractivity (Wildman–Crippen MR) is 103 cm³/mol. The van der Waals surface area contributed by atoms with Gasteiger partial charge in [-0.2, -0.15) is 0 Å². The van der Waals surface area contributed by atoms with Crippen LogP contribution in [-0.4, -0.2) is 41.3 Å². The number of aromatic nitrogens is 1. The van der Waals surface area contributed by atoms with Crippen LogP contribution in [0.4, 0.5) is 0 Å². The topological polar surface area (TPSA) is 74.3 Å². The second kappa shape index (κ2) is 6.85. The molecule has 1 saturated heterocycles. The molecule has 6 rings (SSSR count). The maximum absolute atomic E-state index is 12.5. The third kappa shape index (κ3) is 3.18. The first-order valence-corrected chi connectivity index (χ1v) is 11.2. The van der Waals surface area contributed by atoms with Gasteiger partial charge in [0.25, 0.3) is 0 Å². The van der Waals surface area contributed by atoms with Gasteiger partial charge in [0.05, 0.1) is 24.8 Å². The molecule has 1 aromatic heterocycles. The molecule has 5 fully saturated rings. The predicted octanol–water partition coefficient (Wildman–Crippen LogP) is 1.76. The monoisotopic (exact) mass is 388 g/mol. The molecule has 5 aliphatic rings. The summed E-state index contributed by atoms with van der Waals surface area (Å²) in [4.78, 5) is 31.6. The second-order valence-electron chi connectivity index (χ2n) is 8.82. The van der Waals surface area contributed by atoms with Crippen LogP contribution in [0, 0.1) is 29.6 Å². The summed E-state index contributed by atoms with van der Waals surface area (Å²) >= 11 is 1.55. The van der Waals surface area contributed by atoms with Gasteiger partial charge in [0.1, 0.15) is 5.01 Å². The zero-order chi connectivity index (χ0) is 18.5. The highest BCUT2D eigenvalue weighted by Crippen LogP contribution is 2.73. The summed E-state index contributed by atoms with van der Waals surface area (Å²) in [5.74, 6) is 3.66. The second-order valence-corrected chi connectivity index (χ2v) is 9.77. The molecule has 0 spiro atoms. The lowest BCUT2D eigenvalue weighted by Gasteiger charge is -2.31. The molecule has 0 radical (unpaired) electrons. The number of nitrogens with one attached hydrogen (secondary N) is 2. The number of carbonyl (C=O) groups is 2. The summed E-state index contributed by atoms with van der Waals surface area (Å²) in [7, 11) is 2.02. The molecule has 2 N–H and O–H groups in total. The van der Waals surface area contributed by atoms with E-state index >= 15 is 0 Å². The van der Waals surface area contributed by atoms with Crippen molar-refractivity contribution < 1.29 is 9.59 Å².